The van der Waals surface area contributed by atoms with E-state index in [1.54, 1.807) is 24.3 Å². The fourth-order valence-electron chi connectivity index (χ4n) is 3.58. The van der Waals surface area contributed by atoms with Gasteiger partial charge in [0.2, 0.25) is 0 Å². The predicted octanol–water partition coefficient (Wildman–Crippen LogP) is 3.92. The minimum Gasteiger partial charge on any atom is -0.327 e. The van der Waals surface area contributed by atoms with Gasteiger partial charge < -0.3 is 10.6 Å². The van der Waals surface area contributed by atoms with Crippen LogP contribution in [-0.4, -0.2) is 6.03 Å². The molecule has 0 bridgehead atoms. The highest BCUT2D eigenvalue weighted by Crippen LogP contribution is 2.40. The van der Waals surface area contributed by atoms with E-state index in [4.69, 9.17) is 10.5 Å². The average Bonchev–Trinajstić information content (AvgIpc) is 3.10. The molecule has 0 fully saturated rings. The van der Waals surface area contributed by atoms with Gasteiger partial charge in [-0.2, -0.15) is 10.5 Å². The lowest BCUT2D eigenvalue weighted by atomic mass is 9.95. The van der Waals surface area contributed by atoms with Gasteiger partial charge in [0.15, 0.2) is 0 Å². The van der Waals surface area contributed by atoms with Crippen LogP contribution in [0.4, 0.5) is 4.79 Å². The number of nitrogens with one attached hydrogen (secondary N) is 2. The molecule has 0 radical (unpaired) electrons. The first kappa shape index (κ1) is 16.6. The van der Waals surface area contributed by atoms with Crippen molar-refractivity contribution < 1.29 is 4.79 Å². The first-order valence-electron chi connectivity index (χ1n) is 8.69. The highest BCUT2D eigenvalue weighted by atomic mass is 16.2. The Kier molecular flexibility index (Phi) is 4.20. The van der Waals surface area contributed by atoms with Gasteiger partial charge >= 0.3 is 6.03 Å². The molecule has 2 N–H and O–H groups in total. The highest BCUT2D eigenvalue weighted by Gasteiger charge is 2.33. The maximum atomic E-state index is 12.2. The maximum Gasteiger partial charge on any atom is 0.319 e. The molecule has 1 heterocycles. The van der Waals surface area contributed by atoms with Crippen molar-refractivity contribution in [3.8, 4) is 12.1 Å². The summed E-state index contributed by atoms with van der Waals surface area (Å²) >= 11 is 0. The summed E-state index contributed by atoms with van der Waals surface area (Å²) in [5, 5.41) is 23.8. The second kappa shape index (κ2) is 6.82. The summed E-state index contributed by atoms with van der Waals surface area (Å²) in [6.07, 6.45) is 3.76. The highest BCUT2D eigenvalue weighted by molar-refractivity contribution is 5.82. The van der Waals surface area contributed by atoms with Gasteiger partial charge in [0.05, 0.1) is 29.3 Å². The lowest BCUT2D eigenvalue weighted by Crippen LogP contribution is -2.43. The lowest BCUT2D eigenvalue weighted by molar-refractivity contribution is 0.239. The van der Waals surface area contributed by atoms with Crippen molar-refractivity contribution in [3.05, 3.63) is 87.6 Å². The van der Waals surface area contributed by atoms with E-state index in [2.05, 4.69) is 28.8 Å². The van der Waals surface area contributed by atoms with Gasteiger partial charge in [0, 0.05) is 5.70 Å². The van der Waals surface area contributed by atoms with Gasteiger partial charge in [0.1, 0.15) is 0 Å². The van der Waals surface area contributed by atoms with E-state index in [1.807, 2.05) is 24.3 Å². The third kappa shape index (κ3) is 3.19. The number of amides is 2. The zero-order valence-corrected chi connectivity index (χ0v) is 14.5. The molecule has 0 saturated heterocycles. The summed E-state index contributed by atoms with van der Waals surface area (Å²) in [4.78, 5) is 12.2. The van der Waals surface area contributed by atoms with Crippen molar-refractivity contribution in [2.45, 2.75) is 18.9 Å². The molecule has 1 aliphatic carbocycles. The summed E-state index contributed by atoms with van der Waals surface area (Å²) < 4.78 is 0. The maximum absolute atomic E-state index is 12.2. The minimum atomic E-state index is -0.226. The molecule has 130 valence electrons. The van der Waals surface area contributed by atoms with Crippen molar-refractivity contribution >= 4 is 12.1 Å². The van der Waals surface area contributed by atoms with E-state index in [1.165, 1.54) is 0 Å². The third-order valence-corrected chi connectivity index (χ3v) is 4.92. The summed E-state index contributed by atoms with van der Waals surface area (Å²) in [6.45, 7) is 0. The molecule has 0 saturated carbocycles. The Morgan fingerprint density at radius 1 is 0.926 bits per heavy atom. The normalized spacial score (nSPS) is 19.7. The van der Waals surface area contributed by atoms with E-state index < -0.39 is 0 Å². The molecule has 2 aromatic carbocycles. The molecule has 1 atom stereocenters. The van der Waals surface area contributed by atoms with Crippen molar-refractivity contribution in [1.82, 2.24) is 10.6 Å². The Morgan fingerprint density at radius 3 is 2.19 bits per heavy atom. The first-order chi connectivity index (χ1) is 13.2. The third-order valence-electron chi connectivity index (χ3n) is 4.92. The first-order valence-corrected chi connectivity index (χ1v) is 8.69. The van der Waals surface area contributed by atoms with E-state index in [0.717, 1.165) is 40.8 Å². The minimum absolute atomic E-state index is 0.187. The van der Waals surface area contributed by atoms with Crippen molar-refractivity contribution in [2.75, 3.05) is 0 Å². The molecule has 5 nitrogen and oxygen atoms in total. The van der Waals surface area contributed by atoms with Crippen LogP contribution < -0.4 is 10.6 Å². The number of rotatable bonds is 2. The fourth-order valence-corrected chi connectivity index (χ4v) is 3.58. The smallest absolute Gasteiger partial charge is 0.319 e. The summed E-state index contributed by atoms with van der Waals surface area (Å²) in [7, 11) is 0. The SMILES string of the molecule is N#Cc1ccc(/C=C2/CCC3=C2NC(=O)NC3c2ccc(C#N)cc2)cc1. The molecule has 0 aromatic heterocycles. The van der Waals surface area contributed by atoms with Crippen LogP contribution in [0.5, 0.6) is 0 Å². The van der Waals surface area contributed by atoms with Crippen molar-refractivity contribution in [2.24, 2.45) is 0 Å². The van der Waals surface area contributed by atoms with Crippen LogP contribution in [0.25, 0.3) is 6.08 Å². The second-order valence-electron chi connectivity index (χ2n) is 6.57. The van der Waals surface area contributed by atoms with Gasteiger partial charge in [-0.1, -0.05) is 24.3 Å². The second-order valence-corrected chi connectivity index (χ2v) is 6.57. The summed E-state index contributed by atoms with van der Waals surface area (Å²) in [5.74, 6) is 0. The van der Waals surface area contributed by atoms with Crippen LogP contribution >= 0.6 is 0 Å². The predicted molar refractivity (Wildman–Crippen MR) is 101 cm³/mol. The van der Waals surface area contributed by atoms with Crippen LogP contribution in [0.1, 0.15) is 41.1 Å². The number of nitrogens with zero attached hydrogens (tertiary/aromatic N) is 2. The molecule has 0 spiro atoms. The van der Waals surface area contributed by atoms with Gasteiger partial charge in [-0.25, -0.2) is 4.79 Å². The lowest BCUT2D eigenvalue weighted by Gasteiger charge is -2.27. The van der Waals surface area contributed by atoms with Crippen LogP contribution in [0.3, 0.4) is 0 Å². The van der Waals surface area contributed by atoms with Gasteiger partial charge in [-0.05, 0) is 65.5 Å². The molecule has 2 aliphatic rings. The summed E-state index contributed by atoms with van der Waals surface area (Å²) in [6, 6.07) is 18.5. The number of carbonyl (C=O) groups is 1. The van der Waals surface area contributed by atoms with Gasteiger partial charge in [-0.3, -0.25) is 0 Å². The number of hydrogen-bond acceptors (Lipinski definition) is 3. The van der Waals surface area contributed by atoms with E-state index in [-0.39, 0.29) is 12.1 Å². The Morgan fingerprint density at radius 2 is 1.56 bits per heavy atom. The largest absolute Gasteiger partial charge is 0.327 e. The number of allylic oxidation sites excluding steroid dienone is 1. The molecule has 2 amide bonds. The number of hydrogen-bond donors (Lipinski definition) is 2. The number of carbonyl (C=O) groups excluding carboxylic acids is 1. The Bertz CT molecular complexity index is 1050. The molecule has 2 aromatic rings. The number of urea groups is 1. The summed E-state index contributed by atoms with van der Waals surface area (Å²) in [5.41, 5.74) is 6.32. The monoisotopic (exact) mass is 352 g/mol. The fraction of sp³-hybridized carbons (Fsp3) is 0.136. The van der Waals surface area contributed by atoms with Crippen LogP contribution in [0, 0.1) is 22.7 Å². The molecule has 1 unspecified atom stereocenters. The molecular formula is C22H16N4O. The molecular weight excluding hydrogens is 336 g/mol. The molecule has 5 heteroatoms. The van der Waals surface area contributed by atoms with E-state index in [0.29, 0.717) is 11.1 Å². The molecule has 27 heavy (non-hydrogen) atoms. The molecule has 4 rings (SSSR count). The van der Waals surface area contributed by atoms with Crippen LogP contribution in [-0.2, 0) is 0 Å². The van der Waals surface area contributed by atoms with E-state index in [9.17, 15) is 4.79 Å². The van der Waals surface area contributed by atoms with Crippen LogP contribution in [0.2, 0.25) is 0 Å². The zero-order valence-electron chi connectivity index (χ0n) is 14.5. The number of benzene rings is 2. The average molecular weight is 352 g/mol. The Labute approximate surface area is 157 Å². The molecule has 1 aliphatic heterocycles. The zero-order chi connectivity index (χ0) is 18.8. The van der Waals surface area contributed by atoms with Crippen molar-refractivity contribution in [1.29, 1.82) is 10.5 Å². The Balaban J connectivity index is 1.69. The standard InChI is InChI=1S/C22H16N4O/c23-12-15-3-1-14(2-4-15)11-18-9-10-19-20(25-22(27)26-21(18)19)17-7-5-16(13-24)6-8-17/h1-8,11,20H,9-10H2,(H2,25,26,27)/b18-11-. The van der Waals surface area contributed by atoms with Crippen LogP contribution in [0.15, 0.2) is 65.4 Å². The van der Waals surface area contributed by atoms with E-state index >= 15 is 0 Å². The van der Waals surface area contributed by atoms with Gasteiger partial charge in [0.25, 0.3) is 0 Å². The topological polar surface area (TPSA) is 88.7 Å². The Hall–Kier alpha value is -3.83. The van der Waals surface area contributed by atoms with Gasteiger partial charge in [-0.15, -0.1) is 0 Å². The quantitative estimate of drug-likeness (QED) is 0.858. The number of nitriles is 2. The van der Waals surface area contributed by atoms with Crippen molar-refractivity contribution in [3.63, 3.8) is 0 Å².